The van der Waals surface area contributed by atoms with E-state index in [1.54, 1.807) is 11.3 Å². The van der Waals surface area contributed by atoms with Crippen molar-refractivity contribution in [1.82, 2.24) is 5.32 Å². The largest absolute Gasteiger partial charge is 0.480 e. The highest BCUT2D eigenvalue weighted by atomic mass is 32.1. The van der Waals surface area contributed by atoms with Gasteiger partial charge in [-0.2, -0.15) is 0 Å². The average Bonchev–Trinajstić information content (AvgIpc) is 2.65. The Kier molecular flexibility index (Phi) is 4.30. The van der Waals surface area contributed by atoms with E-state index in [0.29, 0.717) is 12.8 Å². The molecular formula is C10H13NO3S. The van der Waals surface area contributed by atoms with Gasteiger partial charge in [0.1, 0.15) is 6.04 Å². The van der Waals surface area contributed by atoms with Crippen LogP contribution < -0.4 is 5.32 Å². The van der Waals surface area contributed by atoms with Gasteiger partial charge in [0, 0.05) is 16.2 Å². The Morgan fingerprint density at radius 3 is 2.73 bits per heavy atom. The fourth-order valence-corrected chi connectivity index (χ4v) is 2.23. The lowest BCUT2D eigenvalue weighted by Gasteiger charge is -2.08. The van der Waals surface area contributed by atoms with Crippen LogP contribution in [0.1, 0.15) is 16.7 Å². The molecule has 0 aromatic carbocycles. The molecule has 1 aromatic rings. The van der Waals surface area contributed by atoms with Gasteiger partial charge in [0.05, 0.1) is 0 Å². The number of hydrogen-bond donors (Lipinski definition) is 2. The van der Waals surface area contributed by atoms with Crippen LogP contribution in [0.15, 0.2) is 12.1 Å². The van der Waals surface area contributed by atoms with Crippen molar-refractivity contribution in [2.75, 3.05) is 0 Å². The average molecular weight is 227 g/mol. The maximum absolute atomic E-state index is 10.8. The highest BCUT2D eigenvalue weighted by molar-refractivity contribution is 7.12. The van der Waals surface area contributed by atoms with Crippen molar-refractivity contribution in [3.05, 3.63) is 21.9 Å². The summed E-state index contributed by atoms with van der Waals surface area (Å²) < 4.78 is 0. The Morgan fingerprint density at radius 2 is 2.27 bits per heavy atom. The van der Waals surface area contributed by atoms with Gasteiger partial charge in [0.25, 0.3) is 0 Å². The fourth-order valence-electron chi connectivity index (χ4n) is 1.22. The van der Waals surface area contributed by atoms with Gasteiger partial charge in [-0.3, -0.25) is 4.79 Å². The minimum Gasteiger partial charge on any atom is -0.480 e. The van der Waals surface area contributed by atoms with Gasteiger partial charge < -0.3 is 10.4 Å². The van der Waals surface area contributed by atoms with Gasteiger partial charge in [-0.15, -0.1) is 11.3 Å². The molecule has 2 N–H and O–H groups in total. The summed E-state index contributed by atoms with van der Waals surface area (Å²) in [5.74, 6) is -1.01. The van der Waals surface area contributed by atoms with Crippen LogP contribution in [0.2, 0.25) is 0 Å². The SMILES string of the molecule is CCc1ccc(CC(NC=O)C(=O)O)s1. The monoisotopic (exact) mass is 227 g/mol. The van der Waals surface area contributed by atoms with Crippen LogP contribution in [0.3, 0.4) is 0 Å². The fraction of sp³-hybridized carbons (Fsp3) is 0.400. The Hall–Kier alpha value is -1.36. The number of amides is 1. The van der Waals surface area contributed by atoms with E-state index in [9.17, 15) is 9.59 Å². The van der Waals surface area contributed by atoms with E-state index in [0.717, 1.165) is 11.3 Å². The number of hydrogen-bond acceptors (Lipinski definition) is 3. The minimum atomic E-state index is -1.01. The number of rotatable bonds is 6. The van der Waals surface area contributed by atoms with Crippen molar-refractivity contribution >= 4 is 23.7 Å². The Bertz CT molecular complexity index is 348. The summed E-state index contributed by atoms with van der Waals surface area (Å²) in [5.41, 5.74) is 0. The molecule has 0 aliphatic heterocycles. The Balaban J connectivity index is 2.64. The summed E-state index contributed by atoms with van der Waals surface area (Å²) in [7, 11) is 0. The number of aliphatic carboxylic acids is 1. The first kappa shape index (κ1) is 11.7. The lowest BCUT2D eigenvalue weighted by atomic mass is 10.2. The van der Waals surface area contributed by atoms with Gasteiger partial charge in [-0.25, -0.2) is 4.79 Å². The van der Waals surface area contributed by atoms with E-state index in [1.807, 2.05) is 19.1 Å². The van der Waals surface area contributed by atoms with Crippen molar-refractivity contribution in [2.24, 2.45) is 0 Å². The van der Waals surface area contributed by atoms with Crippen LogP contribution in [0, 0.1) is 0 Å². The van der Waals surface area contributed by atoms with Gasteiger partial charge in [0.15, 0.2) is 0 Å². The molecule has 1 rings (SSSR count). The second-order valence-corrected chi connectivity index (χ2v) is 4.35. The highest BCUT2D eigenvalue weighted by Crippen LogP contribution is 2.18. The smallest absolute Gasteiger partial charge is 0.326 e. The molecule has 82 valence electrons. The molecule has 5 heteroatoms. The summed E-state index contributed by atoms with van der Waals surface area (Å²) >= 11 is 1.59. The molecule has 4 nitrogen and oxygen atoms in total. The minimum absolute atomic E-state index is 0.346. The third-order valence-electron chi connectivity index (χ3n) is 2.04. The van der Waals surface area contributed by atoms with E-state index in [4.69, 9.17) is 5.11 Å². The highest BCUT2D eigenvalue weighted by Gasteiger charge is 2.17. The van der Waals surface area contributed by atoms with E-state index in [2.05, 4.69) is 5.32 Å². The molecule has 1 amide bonds. The number of carboxylic acids is 1. The van der Waals surface area contributed by atoms with E-state index in [-0.39, 0.29) is 0 Å². The maximum atomic E-state index is 10.8. The predicted octanol–water partition coefficient (Wildman–Crippen LogP) is 1.05. The molecule has 0 spiro atoms. The molecule has 1 aromatic heterocycles. The van der Waals surface area contributed by atoms with Gasteiger partial charge >= 0.3 is 5.97 Å². The van der Waals surface area contributed by atoms with Crippen LogP contribution in [0.4, 0.5) is 0 Å². The van der Waals surface area contributed by atoms with Crippen LogP contribution in [0.5, 0.6) is 0 Å². The first-order valence-corrected chi connectivity index (χ1v) is 5.49. The maximum Gasteiger partial charge on any atom is 0.326 e. The van der Waals surface area contributed by atoms with E-state index < -0.39 is 12.0 Å². The van der Waals surface area contributed by atoms with Crippen LogP contribution >= 0.6 is 11.3 Å². The van der Waals surface area contributed by atoms with Crippen LogP contribution in [-0.4, -0.2) is 23.5 Å². The molecule has 1 atom stereocenters. The summed E-state index contributed by atoms with van der Waals surface area (Å²) in [5, 5.41) is 11.1. The normalized spacial score (nSPS) is 12.1. The molecule has 1 unspecified atom stereocenters. The Labute approximate surface area is 91.9 Å². The molecule has 0 radical (unpaired) electrons. The molecule has 0 saturated carbocycles. The molecule has 0 bridgehead atoms. The molecule has 0 saturated heterocycles. The quantitative estimate of drug-likeness (QED) is 0.714. The zero-order chi connectivity index (χ0) is 11.3. The van der Waals surface area contributed by atoms with Gasteiger partial charge in [-0.1, -0.05) is 6.92 Å². The molecule has 0 aliphatic carbocycles. The van der Waals surface area contributed by atoms with Crippen molar-refractivity contribution in [3.63, 3.8) is 0 Å². The van der Waals surface area contributed by atoms with Gasteiger partial charge in [0.2, 0.25) is 6.41 Å². The molecule has 15 heavy (non-hydrogen) atoms. The number of thiophene rings is 1. The molecular weight excluding hydrogens is 214 g/mol. The third kappa shape index (κ3) is 3.36. The lowest BCUT2D eigenvalue weighted by Crippen LogP contribution is -2.37. The third-order valence-corrected chi connectivity index (χ3v) is 3.29. The zero-order valence-corrected chi connectivity index (χ0v) is 9.21. The summed E-state index contributed by atoms with van der Waals surface area (Å²) in [6, 6.07) is 3.07. The first-order valence-electron chi connectivity index (χ1n) is 4.67. The predicted molar refractivity (Wildman–Crippen MR) is 58.0 cm³/mol. The number of carbonyl (C=O) groups excluding carboxylic acids is 1. The van der Waals surface area contributed by atoms with Crippen LogP contribution in [-0.2, 0) is 22.4 Å². The number of carboxylic acid groups (broad SMARTS) is 1. The number of aryl methyl sites for hydroxylation is 1. The van der Waals surface area contributed by atoms with Crippen molar-refractivity contribution < 1.29 is 14.7 Å². The van der Waals surface area contributed by atoms with Crippen molar-refractivity contribution in [1.29, 1.82) is 0 Å². The topological polar surface area (TPSA) is 66.4 Å². The van der Waals surface area contributed by atoms with E-state index >= 15 is 0 Å². The van der Waals surface area contributed by atoms with Crippen LogP contribution in [0.25, 0.3) is 0 Å². The summed E-state index contributed by atoms with van der Waals surface area (Å²) in [6.07, 6.45) is 1.72. The number of nitrogens with one attached hydrogen (secondary N) is 1. The van der Waals surface area contributed by atoms with Gasteiger partial charge in [-0.05, 0) is 18.6 Å². The first-order chi connectivity index (χ1) is 7.17. The zero-order valence-electron chi connectivity index (χ0n) is 8.40. The van der Waals surface area contributed by atoms with Crippen molar-refractivity contribution in [2.45, 2.75) is 25.8 Å². The Morgan fingerprint density at radius 1 is 1.60 bits per heavy atom. The molecule has 0 fully saturated rings. The summed E-state index contributed by atoms with van der Waals surface area (Å²) in [6.45, 7) is 2.05. The second kappa shape index (κ2) is 5.50. The number of carbonyl (C=O) groups is 2. The van der Waals surface area contributed by atoms with E-state index in [1.165, 1.54) is 4.88 Å². The standard InChI is InChI=1S/C10H13NO3S/c1-2-7-3-4-8(15-7)5-9(10(13)14)11-6-12/h3-4,6,9H,2,5H2,1H3,(H,11,12)(H,13,14). The lowest BCUT2D eigenvalue weighted by molar-refractivity contribution is -0.140. The van der Waals surface area contributed by atoms with Crippen molar-refractivity contribution in [3.8, 4) is 0 Å². The molecule has 1 heterocycles. The second-order valence-electron chi connectivity index (χ2n) is 3.10. The summed E-state index contributed by atoms with van der Waals surface area (Å²) in [4.78, 5) is 23.2. The molecule has 0 aliphatic rings.